The largest absolute Gasteiger partial charge is 0.392 e. The van der Waals surface area contributed by atoms with Crippen LogP contribution in [0.15, 0.2) is 18.2 Å². The number of nitrogens with one attached hydrogen (secondary N) is 1. The first-order valence-electron chi connectivity index (χ1n) is 5.74. The summed E-state index contributed by atoms with van der Waals surface area (Å²) in [5, 5.41) is 21.2. The lowest BCUT2D eigenvalue weighted by molar-refractivity contribution is 0.160. The number of aliphatic hydroxyl groups excluding tert-OH is 1. The second-order valence-corrected chi connectivity index (χ2v) is 4.03. The molecule has 0 saturated carbocycles. The molecule has 0 spiro atoms. The first-order valence-corrected chi connectivity index (χ1v) is 5.74. The van der Waals surface area contributed by atoms with E-state index in [-0.39, 0.29) is 6.10 Å². The number of nitriles is 1. The molecule has 3 nitrogen and oxygen atoms in total. The molecule has 92 valence electrons. The molecule has 1 atom stereocenters. The minimum Gasteiger partial charge on any atom is -0.392 e. The van der Waals surface area contributed by atoms with Gasteiger partial charge in [-0.15, -0.1) is 0 Å². The molecule has 4 heteroatoms. The van der Waals surface area contributed by atoms with Gasteiger partial charge in [-0.3, -0.25) is 0 Å². The SMILES string of the molecule is CCCC(O)CNCc1cc(F)cc(C#N)c1. The van der Waals surface area contributed by atoms with E-state index in [0.717, 1.165) is 12.8 Å². The summed E-state index contributed by atoms with van der Waals surface area (Å²) < 4.78 is 13.1. The zero-order valence-electron chi connectivity index (χ0n) is 9.91. The Morgan fingerprint density at radius 2 is 2.24 bits per heavy atom. The van der Waals surface area contributed by atoms with Gasteiger partial charge in [0.1, 0.15) is 5.82 Å². The Kier molecular flexibility index (Phi) is 5.61. The van der Waals surface area contributed by atoms with E-state index in [1.165, 1.54) is 12.1 Å². The molecule has 0 heterocycles. The van der Waals surface area contributed by atoms with Crippen LogP contribution in [0.2, 0.25) is 0 Å². The van der Waals surface area contributed by atoms with Crippen molar-refractivity contribution >= 4 is 0 Å². The van der Waals surface area contributed by atoms with Crippen LogP contribution < -0.4 is 5.32 Å². The topological polar surface area (TPSA) is 56.0 Å². The average molecular weight is 236 g/mol. The van der Waals surface area contributed by atoms with E-state index < -0.39 is 5.82 Å². The minimum absolute atomic E-state index is 0.316. The van der Waals surface area contributed by atoms with E-state index in [1.807, 2.05) is 13.0 Å². The molecule has 0 aromatic heterocycles. The molecule has 0 fully saturated rings. The van der Waals surface area contributed by atoms with Crippen LogP contribution >= 0.6 is 0 Å². The maximum Gasteiger partial charge on any atom is 0.124 e. The van der Waals surface area contributed by atoms with E-state index in [0.29, 0.717) is 24.2 Å². The Bertz CT molecular complexity index is 401. The lowest BCUT2D eigenvalue weighted by Crippen LogP contribution is -2.26. The smallest absolute Gasteiger partial charge is 0.124 e. The molecule has 0 aliphatic carbocycles. The van der Waals surface area contributed by atoms with Crippen LogP contribution in [0.25, 0.3) is 0 Å². The fourth-order valence-corrected chi connectivity index (χ4v) is 1.64. The molecule has 0 bridgehead atoms. The molecule has 0 saturated heterocycles. The van der Waals surface area contributed by atoms with Gasteiger partial charge in [0.25, 0.3) is 0 Å². The Labute approximate surface area is 101 Å². The van der Waals surface area contributed by atoms with Gasteiger partial charge in [0.15, 0.2) is 0 Å². The van der Waals surface area contributed by atoms with Crippen LogP contribution in [0.5, 0.6) is 0 Å². The summed E-state index contributed by atoms with van der Waals surface area (Å²) in [5.74, 6) is -0.407. The van der Waals surface area contributed by atoms with E-state index in [9.17, 15) is 9.50 Å². The number of aliphatic hydroxyl groups is 1. The lowest BCUT2D eigenvalue weighted by Gasteiger charge is -2.10. The highest BCUT2D eigenvalue weighted by Gasteiger charge is 2.03. The number of rotatable bonds is 6. The number of hydrogen-bond donors (Lipinski definition) is 2. The van der Waals surface area contributed by atoms with Crippen molar-refractivity contribution in [3.8, 4) is 6.07 Å². The Hall–Kier alpha value is -1.44. The molecule has 17 heavy (non-hydrogen) atoms. The van der Waals surface area contributed by atoms with E-state index in [4.69, 9.17) is 5.26 Å². The maximum atomic E-state index is 13.1. The Morgan fingerprint density at radius 1 is 1.47 bits per heavy atom. The van der Waals surface area contributed by atoms with Gasteiger partial charge in [-0.05, 0) is 30.2 Å². The molecule has 1 rings (SSSR count). The highest BCUT2D eigenvalue weighted by molar-refractivity contribution is 5.33. The summed E-state index contributed by atoms with van der Waals surface area (Å²) in [5.41, 5.74) is 1.03. The zero-order chi connectivity index (χ0) is 12.7. The molecule has 0 amide bonds. The van der Waals surface area contributed by atoms with Crippen molar-refractivity contribution in [1.29, 1.82) is 5.26 Å². The fourth-order valence-electron chi connectivity index (χ4n) is 1.64. The van der Waals surface area contributed by atoms with Crippen molar-refractivity contribution in [3.63, 3.8) is 0 Å². The number of benzene rings is 1. The zero-order valence-corrected chi connectivity index (χ0v) is 9.91. The summed E-state index contributed by atoms with van der Waals surface area (Å²) in [4.78, 5) is 0. The standard InChI is InChI=1S/C13H17FN2O/c1-2-3-13(17)9-16-8-11-4-10(7-15)5-12(14)6-11/h4-6,13,16-17H,2-3,8-9H2,1H3. The van der Waals surface area contributed by atoms with Crippen molar-refractivity contribution in [2.45, 2.75) is 32.4 Å². The third-order valence-corrected chi connectivity index (χ3v) is 2.42. The number of halogens is 1. The summed E-state index contributed by atoms with van der Waals surface area (Å²) in [6.07, 6.45) is 1.31. The second kappa shape index (κ2) is 7.00. The van der Waals surface area contributed by atoms with Crippen LogP contribution in [0.1, 0.15) is 30.9 Å². The molecule has 0 aliphatic heterocycles. The molecule has 1 aromatic carbocycles. The van der Waals surface area contributed by atoms with E-state index >= 15 is 0 Å². The fraction of sp³-hybridized carbons (Fsp3) is 0.462. The highest BCUT2D eigenvalue weighted by Crippen LogP contribution is 2.08. The van der Waals surface area contributed by atoms with Crippen molar-refractivity contribution in [3.05, 3.63) is 35.1 Å². The van der Waals surface area contributed by atoms with Gasteiger partial charge in [-0.25, -0.2) is 4.39 Å². The molecule has 1 unspecified atom stereocenters. The average Bonchev–Trinajstić information content (AvgIpc) is 2.28. The minimum atomic E-state index is -0.407. The highest BCUT2D eigenvalue weighted by atomic mass is 19.1. The first kappa shape index (κ1) is 13.6. The van der Waals surface area contributed by atoms with Gasteiger partial charge >= 0.3 is 0 Å². The van der Waals surface area contributed by atoms with E-state index in [2.05, 4.69) is 5.32 Å². The lowest BCUT2D eigenvalue weighted by atomic mass is 10.1. The summed E-state index contributed by atoms with van der Waals surface area (Å²) >= 11 is 0. The van der Waals surface area contributed by atoms with Crippen LogP contribution in [0.4, 0.5) is 4.39 Å². The van der Waals surface area contributed by atoms with Crippen molar-refractivity contribution < 1.29 is 9.50 Å². The van der Waals surface area contributed by atoms with Gasteiger partial charge in [0.05, 0.1) is 17.7 Å². The predicted octanol–water partition coefficient (Wildman–Crippen LogP) is 1.95. The predicted molar refractivity (Wildman–Crippen MR) is 63.7 cm³/mol. The molecule has 0 aliphatic rings. The van der Waals surface area contributed by atoms with Crippen molar-refractivity contribution in [2.24, 2.45) is 0 Å². The van der Waals surface area contributed by atoms with Gasteiger partial charge in [0.2, 0.25) is 0 Å². The monoisotopic (exact) mass is 236 g/mol. The van der Waals surface area contributed by atoms with Crippen LogP contribution in [-0.4, -0.2) is 17.8 Å². The van der Waals surface area contributed by atoms with Gasteiger partial charge in [-0.1, -0.05) is 13.3 Å². The molecule has 0 radical (unpaired) electrons. The molecular weight excluding hydrogens is 219 g/mol. The van der Waals surface area contributed by atoms with Gasteiger partial charge < -0.3 is 10.4 Å². The summed E-state index contributed by atoms with van der Waals surface area (Å²) in [6.45, 7) is 2.94. The molecule has 1 aromatic rings. The molecule has 2 N–H and O–H groups in total. The normalized spacial score (nSPS) is 12.1. The van der Waals surface area contributed by atoms with Gasteiger partial charge in [0, 0.05) is 13.1 Å². The Balaban J connectivity index is 2.47. The summed E-state index contributed by atoms with van der Waals surface area (Å²) in [6, 6.07) is 6.14. The van der Waals surface area contributed by atoms with Crippen molar-refractivity contribution in [2.75, 3.05) is 6.54 Å². The quantitative estimate of drug-likeness (QED) is 0.793. The third kappa shape index (κ3) is 4.94. The van der Waals surface area contributed by atoms with Crippen LogP contribution in [-0.2, 0) is 6.54 Å². The van der Waals surface area contributed by atoms with Gasteiger partial charge in [-0.2, -0.15) is 5.26 Å². The van der Waals surface area contributed by atoms with Crippen LogP contribution in [0.3, 0.4) is 0 Å². The van der Waals surface area contributed by atoms with Crippen molar-refractivity contribution in [1.82, 2.24) is 5.32 Å². The van der Waals surface area contributed by atoms with Crippen LogP contribution in [0, 0.1) is 17.1 Å². The third-order valence-electron chi connectivity index (χ3n) is 2.42. The van der Waals surface area contributed by atoms with E-state index in [1.54, 1.807) is 6.07 Å². The number of hydrogen-bond acceptors (Lipinski definition) is 3. The maximum absolute atomic E-state index is 13.1. The number of nitrogens with zero attached hydrogens (tertiary/aromatic N) is 1. The molecular formula is C13H17FN2O. The summed E-state index contributed by atoms with van der Waals surface area (Å²) in [7, 11) is 0. The second-order valence-electron chi connectivity index (χ2n) is 4.03. The Morgan fingerprint density at radius 3 is 2.88 bits per heavy atom. The first-order chi connectivity index (χ1) is 8.15.